The number of hydrogen-bond donors (Lipinski definition) is 1. The number of carbonyl (C=O) groups excluding carboxylic acids is 2. The fourth-order valence-electron chi connectivity index (χ4n) is 3.21. The van der Waals surface area contributed by atoms with Gasteiger partial charge in [-0.3, -0.25) is 9.59 Å². The Hall–Kier alpha value is -2.77. The van der Waals surface area contributed by atoms with Gasteiger partial charge in [-0.15, -0.1) is 11.3 Å². The fraction of sp³-hybridized carbons (Fsp3) is 0.150. The van der Waals surface area contributed by atoms with Crippen LogP contribution in [0.15, 0.2) is 53.9 Å². The maximum Gasteiger partial charge on any atom is 0.228 e. The molecule has 3 heterocycles. The van der Waals surface area contributed by atoms with Crippen molar-refractivity contribution in [2.75, 3.05) is 0 Å². The molecule has 142 valence electrons. The van der Waals surface area contributed by atoms with E-state index in [1.807, 2.05) is 0 Å². The smallest absolute Gasteiger partial charge is 0.228 e. The normalized spacial score (nSPS) is 19.4. The summed E-state index contributed by atoms with van der Waals surface area (Å²) < 4.78 is 19.3. The van der Waals surface area contributed by atoms with Crippen molar-refractivity contribution in [1.82, 2.24) is 10.3 Å². The molecule has 2 aromatic heterocycles. The number of aromatic nitrogens is 1. The minimum atomic E-state index is -1.11. The van der Waals surface area contributed by atoms with Crippen LogP contribution in [0.5, 0.6) is 11.6 Å². The second-order valence-corrected chi connectivity index (χ2v) is 7.94. The third kappa shape index (κ3) is 3.63. The van der Waals surface area contributed by atoms with Crippen molar-refractivity contribution in [2.24, 2.45) is 0 Å². The summed E-state index contributed by atoms with van der Waals surface area (Å²) in [6.45, 7) is 0. The number of nitrogens with one attached hydrogen (secondary N) is 1. The van der Waals surface area contributed by atoms with Crippen LogP contribution in [0.2, 0.25) is 4.34 Å². The van der Waals surface area contributed by atoms with Crippen molar-refractivity contribution in [3.63, 3.8) is 0 Å². The standard InChI is InChI=1S/C20H14ClFN2O3S/c21-17-8-12(11-28-17)20(10-14(25)9-18(26)24-20)16-2-1-3-19(23-16)27-15-6-4-13(22)5-7-15/h1-8,11H,9-10H2,(H,24,26)/t20-/m0/s1. The number of nitrogens with zero attached hydrogens (tertiary/aromatic N) is 1. The molecule has 28 heavy (non-hydrogen) atoms. The van der Waals surface area contributed by atoms with Crippen LogP contribution in [0.3, 0.4) is 0 Å². The number of Topliss-reactive ketones (excluding diaryl/α,β-unsaturated/α-hetero) is 1. The molecule has 8 heteroatoms. The number of pyridine rings is 1. The molecule has 0 unspecified atom stereocenters. The first-order chi connectivity index (χ1) is 13.4. The maximum absolute atomic E-state index is 13.1. The van der Waals surface area contributed by atoms with Gasteiger partial charge in [0.05, 0.1) is 16.5 Å². The summed E-state index contributed by atoms with van der Waals surface area (Å²) in [4.78, 5) is 29.0. The van der Waals surface area contributed by atoms with Gasteiger partial charge in [0.1, 0.15) is 22.9 Å². The lowest BCUT2D eigenvalue weighted by Crippen LogP contribution is -2.53. The Balaban J connectivity index is 1.75. The maximum atomic E-state index is 13.1. The van der Waals surface area contributed by atoms with E-state index in [0.29, 0.717) is 21.3 Å². The monoisotopic (exact) mass is 416 g/mol. The summed E-state index contributed by atoms with van der Waals surface area (Å²) in [6.07, 6.45) is -0.0931. The molecule has 1 amide bonds. The number of halogens is 2. The van der Waals surface area contributed by atoms with Crippen LogP contribution in [0.1, 0.15) is 24.1 Å². The van der Waals surface area contributed by atoms with Crippen molar-refractivity contribution in [3.05, 3.63) is 75.3 Å². The summed E-state index contributed by atoms with van der Waals surface area (Å²) in [6, 6.07) is 12.4. The van der Waals surface area contributed by atoms with Gasteiger partial charge >= 0.3 is 0 Å². The lowest BCUT2D eigenvalue weighted by molar-refractivity contribution is -0.133. The minimum Gasteiger partial charge on any atom is -0.439 e. The molecule has 0 spiro atoms. The van der Waals surface area contributed by atoms with Crippen molar-refractivity contribution in [2.45, 2.75) is 18.4 Å². The van der Waals surface area contributed by atoms with Crippen LogP contribution in [0.25, 0.3) is 0 Å². The van der Waals surface area contributed by atoms with Crippen LogP contribution < -0.4 is 10.1 Å². The van der Waals surface area contributed by atoms with Crippen LogP contribution in [0.4, 0.5) is 4.39 Å². The molecule has 0 aliphatic carbocycles. The molecule has 3 aromatic rings. The molecular formula is C20H14ClFN2O3S. The van der Waals surface area contributed by atoms with Gasteiger partial charge in [-0.1, -0.05) is 17.7 Å². The Labute approximate surface area is 169 Å². The average Bonchev–Trinajstić information content (AvgIpc) is 3.10. The molecule has 1 N–H and O–H groups in total. The van der Waals surface area contributed by atoms with E-state index in [9.17, 15) is 14.0 Å². The number of carbonyl (C=O) groups is 2. The van der Waals surface area contributed by atoms with E-state index in [4.69, 9.17) is 16.3 Å². The Morgan fingerprint density at radius 2 is 1.96 bits per heavy atom. The third-order valence-electron chi connectivity index (χ3n) is 4.43. The Morgan fingerprint density at radius 3 is 2.64 bits per heavy atom. The number of ether oxygens (including phenoxy) is 1. The zero-order valence-electron chi connectivity index (χ0n) is 14.4. The van der Waals surface area contributed by atoms with Gasteiger partial charge in [-0.2, -0.15) is 0 Å². The summed E-state index contributed by atoms with van der Waals surface area (Å²) >= 11 is 7.41. The molecule has 1 atom stereocenters. The van der Waals surface area contributed by atoms with Crippen LogP contribution in [0, 0.1) is 5.82 Å². The molecule has 1 saturated heterocycles. The highest BCUT2D eigenvalue weighted by Gasteiger charge is 2.44. The first-order valence-corrected chi connectivity index (χ1v) is 9.68. The predicted octanol–water partition coefficient (Wildman–Crippen LogP) is 4.45. The number of rotatable bonds is 4. The van der Waals surface area contributed by atoms with Crippen molar-refractivity contribution in [1.29, 1.82) is 0 Å². The van der Waals surface area contributed by atoms with Gasteiger partial charge in [0.25, 0.3) is 0 Å². The molecule has 1 aliphatic rings. The third-order valence-corrected chi connectivity index (χ3v) is 5.52. The van der Waals surface area contributed by atoms with Crippen molar-refractivity contribution in [3.8, 4) is 11.6 Å². The molecule has 1 fully saturated rings. The number of hydrogen-bond acceptors (Lipinski definition) is 5. The van der Waals surface area contributed by atoms with Gasteiger partial charge in [0.2, 0.25) is 11.8 Å². The average molecular weight is 417 g/mol. The molecule has 4 rings (SSSR count). The second kappa shape index (κ2) is 7.33. The van der Waals surface area contributed by atoms with E-state index in [1.54, 1.807) is 29.6 Å². The quantitative estimate of drug-likeness (QED) is 0.638. The van der Waals surface area contributed by atoms with Gasteiger partial charge in [-0.05, 0) is 47.3 Å². The van der Waals surface area contributed by atoms with Gasteiger partial charge in [-0.25, -0.2) is 9.37 Å². The Morgan fingerprint density at radius 1 is 1.18 bits per heavy atom. The molecule has 5 nitrogen and oxygen atoms in total. The highest BCUT2D eigenvalue weighted by Crippen LogP contribution is 2.39. The van der Waals surface area contributed by atoms with Crippen LogP contribution in [-0.4, -0.2) is 16.7 Å². The van der Waals surface area contributed by atoms with E-state index < -0.39 is 5.54 Å². The summed E-state index contributed by atoms with van der Waals surface area (Å²) in [5, 5.41) is 4.73. The van der Waals surface area contributed by atoms with E-state index in [0.717, 1.165) is 0 Å². The zero-order chi connectivity index (χ0) is 19.7. The largest absolute Gasteiger partial charge is 0.439 e. The van der Waals surface area contributed by atoms with Gasteiger partial charge < -0.3 is 10.1 Å². The Bertz CT molecular complexity index is 1040. The molecule has 1 aromatic carbocycles. The predicted molar refractivity (Wildman–Crippen MR) is 103 cm³/mol. The van der Waals surface area contributed by atoms with Crippen molar-refractivity contribution < 1.29 is 18.7 Å². The zero-order valence-corrected chi connectivity index (χ0v) is 16.0. The fourth-order valence-corrected chi connectivity index (χ4v) is 4.16. The summed E-state index contributed by atoms with van der Waals surface area (Å²) in [5.74, 6) is -0.242. The van der Waals surface area contributed by atoms with Crippen LogP contribution >= 0.6 is 22.9 Å². The molecular weight excluding hydrogens is 403 g/mol. The van der Waals surface area contributed by atoms with Gasteiger partial charge in [0, 0.05) is 12.5 Å². The number of benzene rings is 1. The minimum absolute atomic E-state index is 0.0683. The van der Waals surface area contributed by atoms with E-state index in [2.05, 4.69) is 10.3 Å². The number of ketones is 1. The summed E-state index contributed by atoms with van der Waals surface area (Å²) in [7, 11) is 0. The highest BCUT2D eigenvalue weighted by molar-refractivity contribution is 7.14. The molecule has 0 radical (unpaired) electrons. The molecule has 1 aliphatic heterocycles. The number of amides is 1. The Kier molecular flexibility index (Phi) is 4.87. The van der Waals surface area contributed by atoms with Crippen molar-refractivity contribution >= 4 is 34.6 Å². The van der Waals surface area contributed by atoms with E-state index in [-0.39, 0.29) is 36.2 Å². The lowest BCUT2D eigenvalue weighted by Gasteiger charge is -2.36. The first-order valence-electron chi connectivity index (χ1n) is 8.43. The highest BCUT2D eigenvalue weighted by atomic mass is 35.5. The SMILES string of the molecule is O=C1CC(=O)N[C@@](c2csc(Cl)c2)(c2cccc(Oc3ccc(F)cc3)n2)C1. The first kappa shape index (κ1) is 18.6. The van der Waals surface area contributed by atoms with Gasteiger partial charge in [0.15, 0.2) is 0 Å². The van der Waals surface area contributed by atoms with Crippen LogP contribution in [-0.2, 0) is 15.1 Å². The number of thiophene rings is 1. The van der Waals surface area contributed by atoms with E-state index in [1.165, 1.54) is 35.6 Å². The molecule has 0 saturated carbocycles. The lowest BCUT2D eigenvalue weighted by atomic mass is 9.80. The summed E-state index contributed by atoms with van der Waals surface area (Å²) in [5.41, 5.74) is 0.0383. The topological polar surface area (TPSA) is 68.3 Å². The number of piperidine rings is 1. The molecule has 0 bridgehead atoms. The van der Waals surface area contributed by atoms with E-state index >= 15 is 0 Å². The second-order valence-electron chi connectivity index (χ2n) is 6.40.